The molecule has 0 aromatic heterocycles. The smallest absolute Gasteiger partial charge is 0.240 e. The molecule has 1 amide bonds. The molecule has 0 unspecified atom stereocenters. The van der Waals surface area contributed by atoms with Gasteiger partial charge in [-0.15, -0.1) is 0 Å². The summed E-state index contributed by atoms with van der Waals surface area (Å²) in [5.41, 5.74) is 0. The van der Waals surface area contributed by atoms with E-state index in [1.807, 2.05) is 6.92 Å². The molecule has 2 aliphatic heterocycles. The zero-order valence-electron chi connectivity index (χ0n) is 14.5. The Morgan fingerprint density at radius 1 is 1.22 bits per heavy atom. The number of likely N-dealkylation sites (tertiary alicyclic amines) is 1. The van der Waals surface area contributed by atoms with Gasteiger partial charge in [-0.1, -0.05) is 20.3 Å². The van der Waals surface area contributed by atoms with Crippen molar-refractivity contribution < 1.29 is 17.9 Å². The zero-order valence-corrected chi connectivity index (χ0v) is 15.3. The predicted octanol–water partition coefficient (Wildman–Crippen LogP) is 0.769. The average molecular weight is 346 g/mol. The van der Waals surface area contributed by atoms with E-state index in [9.17, 15) is 13.2 Å². The molecule has 0 spiro atoms. The van der Waals surface area contributed by atoms with Gasteiger partial charge in [0.2, 0.25) is 5.91 Å². The quantitative estimate of drug-likeness (QED) is 0.711. The third-order valence-corrected chi connectivity index (χ3v) is 7.39. The molecule has 0 aromatic rings. The molecule has 0 saturated carbocycles. The highest BCUT2D eigenvalue weighted by Crippen LogP contribution is 2.27. The number of hydrogen-bond donors (Lipinski definition) is 0. The van der Waals surface area contributed by atoms with Crippen LogP contribution in [0.25, 0.3) is 0 Å². The summed E-state index contributed by atoms with van der Waals surface area (Å²) < 4.78 is 29.8. The van der Waals surface area contributed by atoms with Crippen LogP contribution in [0.3, 0.4) is 0 Å². The number of rotatable bonds is 6. The molecule has 0 N–H and O–H groups in total. The molecule has 2 aliphatic rings. The lowest BCUT2D eigenvalue weighted by Gasteiger charge is -2.34. The molecular formula is C16H30N2O4S. The Balaban J connectivity index is 2.04. The second-order valence-electron chi connectivity index (χ2n) is 6.64. The highest BCUT2D eigenvalue weighted by Gasteiger charge is 2.41. The lowest BCUT2D eigenvalue weighted by molar-refractivity contribution is -0.129. The van der Waals surface area contributed by atoms with Crippen molar-refractivity contribution in [2.24, 2.45) is 5.92 Å². The minimum atomic E-state index is -3.34. The first-order valence-corrected chi connectivity index (χ1v) is 10.4. The van der Waals surface area contributed by atoms with E-state index in [4.69, 9.17) is 4.74 Å². The van der Waals surface area contributed by atoms with Gasteiger partial charge >= 0.3 is 0 Å². The molecule has 0 aromatic carbocycles. The molecule has 2 heterocycles. The molecule has 2 saturated heterocycles. The Labute approximate surface area is 140 Å². The number of amides is 1. The van der Waals surface area contributed by atoms with Crippen molar-refractivity contribution in [2.75, 3.05) is 45.1 Å². The largest absolute Gasteiger partial charge is 0.379 e. The minimum Gasteiger partial charge on any atom is -0.379 e. The Morgan fingerprint density at radius 2 is 1.87 bits per heavy atom. The van der Waals surface area contributed by atoms with E-state index in [0.29, 0.717) is 31.5 Å². The van der Waals surface area contributed by atoms with Gasteiger partial charge < -0.3 is 9.64 Å². The average Bonchev–Trinajstić information content (AvgIpc) is 2.98. The highest BCUT2D eigenvalue weighted by molar-refractivity contribution is 7.92. The van der Waals surface area contributed by atoms with E-state index in [-0.39, 0.29) is 11.7 Å². The van der Waals surface area contributed by atoms with Crippen LogP contribution in [0.5, 0.6) is 0 Å². The lowest BCUT2D eigenvalue weighted by Crippen LogP contribution is -2.48. The van der Waals surface area contributed by atoms with E-state index < -0.39 is 15.1 Å². The van der Waals surface area contributed by atoms with Gasteiger partial charge in [0, 0.05) is 32.2 Å². The third kappa shape index (κ3) is 4.25. The van der Waals surface area contributed by atoms with Crippen LogP contribution >= 0.6 is 0 Å². The molecule has 23 heavy (non-hydrogen) atoms. The number of carbonyl (C=O) groups excluding carboxylic acids is 1. The first-order valence-electron chi connectivity index (χ1n) is 8.72. The number of ether oxygens (including phenoxy) is 1. The predicted molar refractivity (Wildman–Crippen MR) is 90.1 cm³/mol. The van der Waals surface area contributed by atoms with Gasteiger partial charge in [-0.3, -0.25) is 9.69 Å². The molecule has 0 bridgehead atoms. The summed E-state index contributed by atoms with van der Waals surface area (Å²) in [6.45, 7) is 10.1. The first kappa shape index (κ1) is 18.7. The maximum atomic E-state index is 12.7. The van der Waals surface area contributed by atoms with Gasteiger partial charge in [0.1, 0.15) is 5.25 Å². The maximum Gasteiger partial charge on any atom is 0.240 e. The second kappa shape index (κ2) is 7.94. The molecule has 134 valence electrons. The molecule has 0 aliphatic carbocycles. The van der Waals surface area contributed by atoms with Crippen molar-refractivity contribution in [1.82, 2.24) is 9.80 Å². The maximum absolute atomic E-state index is 12.7. The van der Waals surface area contributed by atoms with Crippen LogP contribution in [0.1, 0.15) is 33.6 Å². The topological polar surface area (TPSA) is 66.9 Å². The van der Waals surface area contributed by atoms with Crippen molar-refractivity contribution in [3.63, 3.8) is 0 Å². The van der Waals surface area contributed by atoms with Crippen LogP contribution in [-0.4, -0.2) is 80.6 Å². The summed E-state index contributed by atoms with van der Waals surface area (Å²) in [5, 5.41) is -0.927. The van der Waals surface area contributed by atoms with Gasteiger partial charge in [-0.2, -0.15) is 0 Å². The number of hydrogen-bond acceptors (Lipinski definition) is 5. The number of carbonyl (C=O) groups is 1. The molecular weight excluding hydrogens is 316 g/mol. The summed E-state index contributed by atoms with van der Waals surface area (Å²) in [5.74, 6) is 0.267. The first-order chi connectivity index (χ1) is 10.9. The van der Waals surface area contributed by atoms with Crippen LogP contribution < -0.4 is 0 Å². The summed E-state index contributed by atoms with van der Waals surface area (Å²) in [4.78, 5) is 16.8. The normalized spacial score (nSPS) is 28.0. The van der Waals surface area contributed by atoms with E-state index in [2.05, 4.69) is 11.8 Å². The lowest BCUT2D eigenvalue weighted by atomic mass is 9.99. The van der Waals surface area contributed by atoms with Crippen molar-refractivity contribution >= 4 is 15.7 Å². The SMILES string of the molecule is CCCS(=O)(=O)[C@H](C)C(=O)N1C[C@@H](CC)[C@H](N2CCOCC2)C1. The second-order valence-corrected chi connectivity index (χ2v) is 9.08. The fourth-order valence-corrected chi connectivity index (χ4v) is 5.01. The van der Waals surface area contributed by atoms with Crippen LogP contribution in [-0.2, 0) is 19.4 Å². The molecule has 2 fully saturated rings. The van der Waals surface area contributed by atoms with Crippen LogP contribution in [0.2, 0.25) is 0 Å². The Morgan fingerprint density at radius 3 is 2.43 bits per heavy atom. The monoisotopic (exact) mass is 346 g/mol. The Bertz CT molecular complexity index is 502. The number of nitrogens with zero attached hydrogens (tertiary/aromatic N) is 2. The van der Waals surface area contributed by atoms with Gasteiger partial charge in [-0.05, 0) is 19.3 Å². The molecule has 2 rings (SSSR count). The van der Waals surface area contributed by atoms with E-state index >= 15 is 0 Å². The fraction of sp³-hybridized carbons (Fsp3) is 0.938. The number of sulfone groups is 1. The minimum absolute atomic E-state index is 0.0812. The van der Waals surface area contributed by atoms with Crippen LogP contribution in [0, 0.1) is 5.92 Å². The Kier molecular flexibility index (Phi) is 6.45. The fourth-order valence-electron chi connectivity index (χ4n) is 3.63. The Hall–Kier alpha value is -0.660. The summed E-state index contributed by atoms with van der Waals surface area (Å²) in [7, 11) is -3.34. The summed E-state index contributed by atoms with van der Waals surface area (Å²) in [6.07, 6.45) is 1.55. The van der Waals surface area contributed by atoms with Crippen molar-refractivity contribution in [1.29, 1.82) is 0 Å². The molecule has 0 radical (unpaired) electrons. The number of morpholine rings is 1. The van der Waals surface area contributed by atoms with E-state index in [1.165, 1.54) is 6.92 Å². The van der Waals surface area contributed by atoms with Crippen LogP contribution in [0.15, 0.2) is 0 Å². The van der Waals surface area contributed by atoms with Crippen molar-refractivity contribution in [2.45, 2.75) is 44.9 Å². The standard InChI is InChI=1S/C16H30N2O4S/c1-4-10-23(20,21)13(3)16(19)18-11-14(5-2)15(12-18)17-6-8-22-9-7-17/h13-15H,4-12H2,1-3H3/t13-,14-,15-/m1/s1. The zero-order chi connectivity index (χ0) is 17.0. The molecule has 7 heteroatoms. The highest BCUT2D eigenvalue weighted by atomic mass is 32.2. The van der Waals surface area contributed by atoms with Gasteiger partial charge in [0.15, 0.2) is 9.84 Å². The third-order valence-electron chi connectivity index (χ3n) is 5.13. The molecule has 3 atom stereocenters. The van der Waals surface area contributed by atoms with Gasteiger partial charge in [-0.25, -0.2) is 8.42 Å². The van der Waals surface area contributed by atoms with Crippen molar-refractivity contribution in [3.05, 3.63) is 0 Å². The van der Waals surface area contributed by atoms with Crippen molar-refractivity contribution in [3.8, 4) is 0 Å². The van der Waals surface area contributed by atoms with Crippen LogP contribution in [0.4, 0.5) is 0 Å². The van der Waals surface area contributed by atoms with Gasteiger partial charge in [0.25, 0.3) is 0 Å². The summed E-state index contributed by atoms with van der Waals surface area (Å²) in [6, 6.07) is 0.328. The van der Waals surface area contributed by atoms with E-state index in [0.717, 1.165) is 32.7 Å². The van der Waals surface area contributed by atoms with Gasteiger partial charge in [0.05, 0.1) is 19.0 Å². The molecule has 6 nitrogen and oxygen atoms in total. The van der Waals surface area contributed by atoms with E-state index in [1.54, 1.807) is 4.90 Å². The summed E-state index contributed by atoms with van der Waals surface area (Å²) >= 11 is 0.